The van der Waals surface area contributed by atoms with Gasteiger partial charge in [-0.3, -0.25) is 0 Å². The maximum Gasteiger partial charge on any atom is 0.148 e. The largest absolute Gasteiger partial charge is 0.373 e. The van der Waals surface area contributed by atoms with Gasteiger partial charge in [0.15, 0.2) is 0 Å². The minimum absolute atomic E-state index is 0.180. The second kappa shape index (κ2) is 4.78. The molecule has 0 atom stereocenters. The van der Waals surface area contributed by atoms with Crippen molar-refractivity contribution in [2.24, 2.45) is 0 Å². The molecule has 5 heteroatoms. The van der Waals surface area contributed by atoms with Gasteiger partial charge in [0.25, 0.3) is 0 Å². The molecule has 1 aromatic carbocycles. The minimum atomic E-state index is -0.371. The molecule has 0 N–H and O–H groups in total. The Hall–Kier alpha value is -1.16. The number of rotatable bonds is 1. The molecular formula is C11H9BrFNO2. The molecule has 0 unspecified atom stereocenters. The second-order valence-corrected chi connectivity index (χ2v) is 4.26. The Kier molecular flexibility index (Phi) is 3.39. The van der Waals surface area contributed by atoms with Crippen LogP contribution in [0, 0.1) is 5.82 Å². The predicted molar refractivity (Wildman–Crippen MR) is 61.5 cm³/mol. The van der Waals surface area contributed by atoms with E-state index in [0.717, 1.165) is 0 Å². The van der Waals surface area contributed by atoms with Crippen LogP contribution in [-0.2, 0) is 9.53 Å². The van der Waals surface area contributed by atoms with E-state index in [0.29, 0.717) is 29.0 Å². The van der Waals surface area contributed by atoms with E-state index in [2.05, 4.69) is 15.9 Å². The molecule has 0 saturated carbocycles. The van der Waals surface area contributed by atoms with Crippen molar-refractivity contribution >= 4 is 27.6 Å². The van der Waals surface area contributed by atoms with Crippen molar-refractivity contribution in [1.29, 1.82) is 0 Å². The summed E-state index contributed by atoms with van der Waals surface area (Å²) in [5.74, 6) is 1.41. The molecule has 0 aliphatic carbocycles. The zero-order valence-corrected chi connectivity index (χ0v) is 9.96. The average Bonchev–Trinajstić information content (AvgIpc) is 2.29. The molecule has 1 aliphatic heterocycles. The Bertz CT molecular complexity index is 457. The standard InChI is InChI=1S/C11H9BrFNO2/c12-8-1-2-11(10(13)5-8)14-3-4-16-7-9(14)6-15/h1-2,5H,3-4,7H2. The van der Waals surface area contributed by atoms with Gasteiger partial charge in [0, 0.05) is 11.0 Å². The summed E-state index contributed by atoms with van der Waals surface area (Å²) in [6.45, 7) is 1.11. The lowest BCUT2D eigenvalue weighted by Crippen LogP contribution is -2.35. The highest BCUT2D eigenvalue weighted by molar-refractivity contribution is 9.10. The van der Waals surface area contributed by atoms with Crippen LogP contribution in [0.5, 0.6) is 0 Å². The number of morpholine rings is 1. The molecule has 1 heterocycles. The van der Waals surface area contributed by atoms with Gasteiger partial charge in [0.05, 0.1) is 18.9 Å². The molecule has 1 aliphatic rings. The topological polar surface area (TPSA) is 29.5 Å². The first kappa shape index (κ1) is 11.3. The summed E-state index contributed by atoms with van der Waals surface area (Å²) in [4.78, 5) is 12.3. The van der Waals surface area contributed by atoms with Gasteiger partial charge in [-0.05, 0) is 18.2 Å². The molecule has 3 nitrogen and oxygen atoms in total. The molecule has 0 spiro atoms. The van der Waals surface area contributed by atoms with Crippen molar-refractivity contribution in [2.75, 3.05) is 24.7 Å². The third kappa shape index (κ3) is 2.16. The molecule has 0 aromatic heterocycles. The number of halogens is 2. The molecule has 1 fully saturated rings. The van der Waals surface area contributed by atoms with Crippen LogP contribution >= 0.6 is 15.9 Å². The van der Waals surface area contributed by atoms with Crippen molar-refractivity contribution in [3.63, 3.8) is 0 Å². The van der Waals surface area contributed by atoms with Gasteiger partial charge in [-0.2, -0.15) is 0 Å². The number of nitrogens with zero attached hydrogens (tertiary/aromatic N) is 1. The molecule has 1 saturated heterocycles. The summed E-state index contributed by atoms with van der Waals surface area (Å²) in [6, 6.07) is 4.73. The highest BCUT2D eigenvalue weighted by Crippen LogP contribution is 2.26. The molecule has 1 aromatic rings. The molecule has 0 bridgehead atoms. The minimum Gasteiger partial charge on any atom is -0.373 e. The van der Waals surface area contributed by atoms with Crippen molar-refractivity contribution in [3.8, 4) is 0 Å². The van der Waals surface area contributed by atoms with E-state index < -0.39 is 0 Å². The third-order valence-corrected chi connectivity index (χ3v) is 2.84. The molecular weight excluding hydrogens is 277 g/mol. The summed E-state index contributed by atoms with van der Waals surface area (Å²) < 4.78 is 19.5. The van der Waals surface area contributed by atoms with E-state index in [1.807, 2.05) is 0 Å². The maximum absolute atomic E-state index is 13.7. The molecule has 0 amide bonds. The van der Waals surface area contributed by atoms with Gasteiger partial charge in [0.1, 0.15) is 17.5 Å². The highest BCUT2D eigenvalue weighted by atomic mass is 79.9. The van der Waals surface area contributed by atoms with E-state index in [4.69, 9.17) is 4.74 Å². The summed E-state index contributed by atoms with van der Waals surface area (Å²) in [5.41, 5.74) is 0.706. The molecule has 84 valence electrons. The van der Waals surface area contributed by atoms with E-state index in [1.165, 1.54) is 6.07 Å². The number of hydrogen-bond donors (Lipinski definition) is 0. The third-order valence-electron chi connectivity index (χ3n) is 2.34. The summed E-state index contributed by atoms with van der Waals surface area (Å²) >= 11 is 3.19. The predicted octanol–water partition coefficient (Wildman–Crippen LogP) is 2.14. The Morgan fingerprint density at radius 1 is 1.50 bits per heavy atom. The Balaban J connectivity index is 2.38. The van der Waals surface area contributed by atoms with Crippen LogP contribution in [0.4, 0.5) is 10.1 Å². The fourth-order valence-corrected chi connectivity index (χ4v) is 1.92. The van der Waals surface area contributed by atoms with Gasteiger partial charge in [-0.25, -0.2) is 9.18 Å². The highest BCUT2D eigenvalue weighted by Gasteiger charge is 2.20. The van der Waals surface area contributed by atoms with Crippen LogP contribution in [0.2, 0.25) is 0 Å². The zero-order chi connectivity index (χ0) is 11.5. The van der Waals surface area contributed by atoms with Crippen LogP contribution in [0.15, 0.2) is 28.4 Å². The summed E-state index contributed by atoms with van der Waals surface area (Å²) in [7, 11) is 0. The van der Waals surface area contributed by atoms with Gasteiger partial charge < -0.3 is 9.64 Å². The number of carbonyl (C=O) groups excluding carboxylic acids is 1. The first-order valence-corrected chi connectivity index (χ1v) is 5.56. The smallest absolute Gasteiger partial charge is 0.148 e. The lowest BCUT2D eigenvalue weighted by atomic mass is 10.2. The fraction of sp³-hybridized carbons (Fsp3) is 0.273. The average molecular weight is 286 g/mol. The van der Waals surface area contributed by atoms with Gasteiger partial charge >= 0.3 is 0 Å². The quantitative estimate of drug-likeness (QED) is 0.741. The lowest BCUT2D eigenvalue weighted by molar-refractivity contribution is 0.143. The fourth-order valence-electron chi connectivity index (χ4n) is 1.59. The van der Waals surface area contributed by atoms with Crippen LogP contribution in [0.1, 0.15) is 0 Å². The van der Waals surface area contributed by atoms with Crippen LogP contribution < -0.4 is 4.90 Å². The van der Waals surface area contributed by atoms with Crippen LogP contribution in [0.3, 0.4) is 0 Å². The van der Waals surface area contributed by atoms with E-state index in [1.54, 1.807) is 23.0 Å². The summed E-state index contributed by atoms with van der Waals surface area (Å²) in [6.07, 6.45) is 0. The van der Waals surface area contributed by atoms with Crippen molar-refractivity contribution in [1.82, 2.24) is 0 Å². The SMILES string of the molecule is O=C=C1COCCN1c1ccc(Br)cc1F. The van der Waals surface area contributed by atoms with Gasteiger partial charge in [-0.15, -0.1) is 0 Å². The van der Waals surface area contributed by atoms with Crippen LogP contribution in [0.25, 0.3) is 0 Å². The van der Waals surface area contributed by atoms with Gasteiger partial charge in [-0.1, -0.05) is 15.9 Å². The first-order chi connectivity index (χ1) is 7.72. The van der Waals surface area contributed by atoms with Crippen LogP contribution in [-0.4, -0.2) is 25.7 Å². The zero-order valence-electron chi connectivity index (χ0n) is 8.37. The molecule has 16 heavy (non-hydrogen) atoms. The van der Waals surface area contributed by atoms with Gasteiger partial charge in [0.2, 0.25) is 0 Å². The summed E-state index contributed by atoms with van der Waals surface area (Å²) in [5, 5.41) is 0. The van der Waals surface area contributed by atoms with E-state index in [9.17, 15) is 9.18 Å². The number of anilines is 1. The monoisotopic (exact) mass is 285 g/mol. The molecule has 0 radical (unpaired) electrons. The Labute approximate surface area is 101 Å². The Morgan fingerprint density at radius 2 is 2.31 bits per heavy atom. The number of benzene rings is 1. The van der Waals surface area contributed by atoms with E-state index >= 15 is 0 Å². The lowest BCUT2D eigenvalue weighted by Gasteiger charge is -2.29. The normalized spacial score (nSPS) is 16.1. The maximum atomic E-state index is 13.7. The van der Waals surface area contributed by atoms with E-state index in [-0.39, 0.29) is 12.4 Å². The molecule has 2 rings (SSSR count). The van der Waals surface area contributed by atoms with Crippen molar-refractivity contribution < 1.29 is 13.9 Å². The van der Waals surface area contributed by atoms with Crippen molar-refractivity contribution in [2.45, 2.75) is 0 Å². The second-order valence-electron chi connectivity index (χ2n) is 3.35. The van der Waals surface area contributed by atoms with Crippen molar-refractivity contribution in [3.05, 3.63) is 34.2 Å². The number of ether oxygens (including phenoxy) is 1. The first-order valence-electron chi connectivity index (χ1n) is 4.76. The number of hydrogen-bond acceptors (Lipinski definition) is 3. The Morgan fingerprint density at radius 3 is 3.00 bits per heavy atom.